The average molecular weight is 448 g/mol. The van der Waals surface area contributed by atoms with E-state index in [2.05, 4.69) is 20.3 Å². The Bertz CT molecular complexity index is 1030. The summed E-state index contributed by atoms with van der Waals surface area (Å²) in [4.78, 5) is 13.5. The number of imidazole rings is 1. The number of aliphatic hydroxyl groups excluding tert-OH is 3. The average Bonchev–Trinajstić information content (AvgIpc) is 3.34. The van der Waals surface area contributed by atoms with Crippen LogP contribution < -0.4 is 10.1 Å². The smallest absolute Gasteiger partial charge is 0.191 e. The van der Waals surface area contributed by atoms with Crippen LogP contribution in [-0.2, 0) is 11.2 Å². The SMILES string of the molecule is COc1ccc(CCNc2nc(SC)nc3c2ncn3[C@@H]2O[C@H](CO)[C@@H](O)[C@H]2O)cc1. The Morgan fingerprint density at radius 3 is 2.61 bits per heavy atom. The zero-order valence-electron chi connectivity index (χ0n) is 17.2. The molecule has 1 saturated heterocycles. The van der Waals surface area contributed by atoms with Crippen LogP contribution in [0.4, 0.5) is 5.82 Å². The summed E-state index contributed by atoms with van der Waals surface area (Å²) in [5.41, 5.74) is 2.16. The first-order chi connectivity index (χ1) is 15.0. The lowest BCUT2D eigenvalue weighted by Gasteiger charge is -2.17. The fraction of sp³-hybridized carbons (Fsp3) is 0.450. The van der Waals surface area contributed by atoms with Gasteiger partial charge >= 0.3 is 0 Å². The monoisotopic (exact) mass is 447 g/mol. The summed E-state index contributed by atoms with van der Waals surface area (Å²) in [6.45, 7) is 0.234. The van der Waals surface area contributed by atoms with Gasteiger partial charge in [0.1, 0.15) is 24.1 Å². The van der Waals surface area contributed by atoms with Crippen LogP contribution in [0.3, 0.4) is 0 Å². The minimum atomic E-state index is -1.21. The van der Waals surface area contributed by atoms with E-state index >= 15 is 0 Å². The second-order valence-corrected chi connectivity index (χ2v) is 7.91. The second-order valence-electron chi connectivity index (χ2n) is 7.14. The third kappa shape index (κ3) is 4.32. The Balaban J connectivity index is 1.56. The number of ether oxygens (including phenoxy) is 2. The number of hydrogen-bond donors (Lipinski definition) is 4. The molecule has 0 aliphatic carbocycles. The summed E-state index contributed by atoms with van der Waals surface area (Å²) >= 11 is 1.38. The Morgan fingerprint density at radius 1 is 1.19 bits per heavy atom. The summed E-state index contributed by atoms with van der Waals surface area (Å²) in [6, 6.07) is 7.87. The first-order valence-corrected chi connectivity index (χ1v) is 11.1. The molecule has 10 nitrogen and oxygen atoms in total. The molecule has 4 N–H and O–H groups in total. The van der Waals surface area contributed by atoms with Crippen molar-refractivity contribution in [2.75, 3.05) is 31.8 Å². The highest BCUT2D eigenvalue weighted by atomic mass is 32.2. The van der Waals surface area contributed by atoms with Crippen LogP contribution in [-0.4, -0.2) is 79.7 Å². The van der Waals surface area contributed by atoms with Crippen molar-refractivity contribution < 1.29 is 24.8 Å². The summed E-state index contributed by atoms with van der Waals surface area (Å²) in [5.74, 6) is 1.39. The Hall–Kier alpha value is -2.44. The predicted octanol–water partition coefficient (Wildman–Crippen LogP) is 0.823. The number of nitrogens with zero attached hydrogens (tertiary/aromatic N) is 4. The lowest BCUT2D eigenvalue weighted by molar-refractivity contribution is -0.0511. The summed E-state index contributed by atoms with van der Waals surface area (Å²) in [7, 11) is 1.64. The van der Waals surface area contributed by atoms with E-state index in [4.69, 9.17) is 9.47 Å². The molecule has 166 valence electrons. The van der Waals surface area contributed by atoms with Gasteiger partial charge in [-0.15, -0.1) is 0 Å². The van der Waals surface area contributed by atoms with Gasteiger partial charge in [-0.2, -0.15) is 0 Å². The van der Waals surface area contributed by atoms with Crippen molar-refractivity contribution in [1.29, 1.82) is 0 Å². The van der Waals surface area contributed by atoms with Gasteiger partial charge in [0, 0.05) is 6.54 Å². The maximum atomic E-state index is 10.4. The largest absolute Gasteiger partial charge is 0.497 e. The topological polar surface area (TPSA) is 135 Å². The van der Waals surface area contributed by atoms with E-state index in [1.807, 2.05) is 30.5 Å². The zero-order valence-corrected chi connectivity index (χ0v) is 18.0. The molecule has 1 aliphatic heterocycles. The van der Waals surface area contributed by atoms with E-state index in [9.17, 15) is 15.3 Å². The summed E-state index contributed by atoms with van der Waals surface area (Å²) in [5, 5.41) is 33.7. The van der Waals surface area contributed by atoms with E-state index in [-0.39, 0.29) is 0 Å². The fourth-order valence-corrected chi connectivity index (χ4v) is 3.88. The van der Waals surface area contributed by atoms with Gasteiger partial charge in [0.05, 0.1) is 20.0 Å². The molecular weight excluding hydrogens is 422 g/mol. The third-order valence-electron chi connectivity index (χ3n) is 5.24. The summed E-state index contributed by atoms with van der Waals surface area (Å²) in [6.07, 6.45) is -0.0477. The second kappa shape index (κ2) is 9.37. The van der Waals surface area contributed by atoms with Gasteiger partial charge in [-0.25, -0.2) is 15.0 Å². The van der Waals surface area contributed by atoms with E-state index in [1.165, 1.54) is 18.1 Å². The lowest BCUT2D eigenvalue weighted by Crippen LogP contribution is -2.33. The number of rotatable bonds is 8. The maximum absolute atomic E-state index is 10.4. The van der Waals surface area contributed by atoms with Crippen LogP contribution >= 0.6 is 11.8 Å². The van der Waals surface area contributed by atoms with Gasteiger partial charge in [-0.1, -0.05) is 23.9 Å². The highest BCUT2D eigenvalue weighted by Gasteiger charge is 2.44. The van der Waals surface area contributed by atoms with Crippen molar-refractivity contribution in [3.05, 3.63) is 36.2 Å². The highest BCUT2D eigenvalue weighted by molar-refractivity contribution is 7.98. The van der Waals surface area contributed by atoms with Gasteiger partial charge in [0.2, 0.25) is 0 Å². The van der Waals surface area contributed by atoms with Gasteiger partial charge in [0.15, 0.2) is 28.4 Å². The van der Waals surface area contributed by atoms with E-state index in [0.717, 1.165) is 17.7 Å². The van der Waals surface area contributed by atoms with Gasteiger partial charge < -0.3 is 30.1 Å². The molecule has 0 amide bonds. The van der Waals surface area contributed by atoms with Gasteiger partial charge in [-0.05, 0) is 30.4 Å². The number of methoxy groups -OCH3 is 1. The first kappa shape index (κ1) is 21.8. The maximum Gasteiger partial charge on any atom is 0.191 e. The highest BCUT2D eigenvalue weighted by Crippen LogP contribution is 2.33. The third-order valence-corrected chi connectivity index (χ3v) is 5.79. The molecule has 11 heteroatoms. The molecule has 3 aromatic rings. The number of fused-ring (bicyclic) bond motifs is 1. The molecule has 0 unspecified atom stereocenters. The molecule has 0 bridgehead atoms. The number of thioether (sulfide) groups is 1. The molecule has 31 heavy (non-hydrogen) atoms. The number of benzene rings is 1. The molecule has 0 spiro atoms. The molecule has 4 atom stereocenters. The van der Waals surface area contributed by atoms with Crippen molar-refractivity contribution in [3.63, 3.8) is 0 Å². The lowest BCUT2D eigenvalue weighted by atomic mass is 10.1. The zero-order chi connectivity index (χ0) is 22.0. The standard InChI is InChI=1S/C20H25N5O5S/c1-29-12-5-3-11(4-6-12)7-8-21-17-14-18(24-20(23-17)31-2)25(10-22-14)19-16(28)15(27)13(9-26)30-19/h3-6,10,13,15-16,19,26-28H,7-9H2,1-2H3,(H,21,23,24)/t13-,15-,16-,19-/m1/s1. The van der Waals surface area contributed by atoms with E-state index in [1.54, 1.807) is 11.7 Å². The minimum Gasteiger partial charge on any atom is -0.497 e. The number of aliphatic hydroxyl groups is 3. The molecule has 1 aliphatic rings. The van der Waals surface area contributed by atoms with Crippen LogP contribution in [0.5, 0.6) is 5.75 Å². The molecule has 0 saturated carbocycles. The van der Waals surface area contributed by atoms with Crippen molar-refractivity contribution >= 4 is 28.7 Å². The first-order valence-electron chi connectivity index (χ1n) is 9.83. The number of anilines is 1. The van der Waals surface area contributed by atoms with E-state index in [0.29, 0.717) is 28.7 Å². The van der Waals surface area contributed by atoms with Crippen LogP contribution in [0.1, 0.15) is 11.8 Å². The van der Waals surface area contributed by atoms with Crippen molar-refractivity contribution in [2.24, 2.45) is 0 Å². The Morgan fingerprint density at radius 2 is 1.97 bits per heavy atom. The van der Waals surface area contributed by atoms with Gasteiger partial charge in [-0.3, -0.25) is 4.57 Å². The Kier molecular flexibility index (Phi) is 6.58. The molecule has 1 fully saturated rings. The molecule has 3 heterocycles. The normalized spacial score (nSPS) is 23.4. The summed E-state index contributed by atoms with van der Waals surface area (Å²) < 4.78 is 12.4. The van der Waals surface area contributed by atoms with Crippen LogP contribution in [0.25, 0.3) is 11.2 Å². The minimum absolute atomic E-state index is 0.398. The number of nitrogens with one attached hydrogen (secondary N) is 1. The van der Waals surface area contributed by atoms with Crippen LogP contribution in [0.15, 0.2) is 35.7 Å². The van der Waals surface area contributed by atoms with Crippen molar-refractivity contribution in [2.45, 2.75) is 36.1 Å². The fourth-order valence-electron chi connectivity index (χ4n) is 3.52. The Labute approximate surface area is 183 Å². The van der Waals surface area contributed by atoms with Crippen molar-refractivity contribution in [3.8, 4) is 5.75 Å². The quantitative estimate of drug-likeness (QED) is 0.290. The van der Waals surface area contributed by atoms with Gasteiger partial charge in [0.25, 0.3) is 0 Å². The van der Waals surface area contributed by atoms with Crippen molar-refractivity contribution in [1.82, 2.24) is 19.5 Å². The van der Waals surface area contributed by atoms with Crippen LogP contribution in [0, 0.1) is 0 Å². The molecule has 0 radical (unpaired) electrons. The number of aromatic nitrogens is 4. The predicted molar refractivity (Wildman–Crippen MR) is 115 cm³/mol. The molecular formula is C20H25N5O5S. The number of hydrogen-bond acceptors (Lipinski definition) is 10. The van der Waals surface area contributed by atoms with E-state index < -0.39 is 31.1 Å². The molecule has 4 rings (SSSR count). The molecule has 1 aromatic carbocycles. The van der Waals surface area contributed by atoms with Crippen LogP contribution in [0.2, 0.25) is 0 Å². The molecule has 2 aromatic heterocycles.